The zero-order chi connectivity index (χ0) is 54.5. The van der Waals surface area contributed by atoms with E-state index in [1.165, 1.54) is 16.8 Å². The summed E-state index contributed by atoms with van der Waals surface area (Å²) in [6, 6.07) is 8.37. The summed E-state index contributed by atoms with van der Waals surface area (Å²) in [7, 11) is 1.37. The van der Waals surface area contributed by atoms with E-state index >= 15 is 4.39 Å². The number of carbonyl (C=O) groups excluding carboxylic acids is 7. The summed E-state index contributed by atoms with van der Waals surface area (Å²) in [6.07, 6.45) is 1.42. The third kappa shape index (κ3) is 18.0. The van der Waals surface area contributed by atoms with E-state index in [0.717, 1.165) is 23.8 Å². The molecule has 0 spiro atoms. The quantitative estimate of drug-likeness (QED) is 0.0472. The van der Waals surface area contributed by atoms with Crippen molar-refractivity contribution in [2.45, 2.75) is 103 Å². The van der Waals surface area contributed by atoms with Crippen molar-refractivity contribution >= 4 is 41.4 Å². The molecule has 22 heteroatoms. The molecule has 1 saturated heterocycles. The normalized spacial score (nSPS) is 15.2. The number of ether oxygens (including phenoxy) is 3. The number of likely N-dealkylation sites (N-methyl/N-ethyl adjacent to an activating group) is 1. The third-order valence-corrected chi connectivity index (χ3v) is 12.4. The number of aromatic nitrogens is 1. The maximum atomic E-state index is 15.3. The number of rotatable bonds is 30. The van der Waals surface area contributed by atoms with Gasteiger partial charge in [-0.25, -0.2) is 8.78 Å². The van der Waals surface area contributed by atoms with Crippen molar-refractivity contribution in [3.8, 4) is 11.1 Å². The third-order valence-electron chi connectivity index (χ3n) is 12.4. The predicted molar refractivity (Wildman–Crippen MR) is 270 cm³/mol. The lowest BCUT2D eigenvalue weighted by molar-refractivity contribution is -0.143. The summed E-state index contributed by atoms with van der Waals surface area (Å²) in [4.78, 5) is 97.3. The molecule has 1 aliphatic heterocycles. The number of hydrogen-bond acceptors (Lipinski definition) is 12. The van der Waals surface area contributed by atoms with Crippen LogP contribution in [0.2, 0.25) is 0 Å². The first kappa shape index (κ1) is 60.2. The second kappa shape index (κ2) is 29.5. The molecule has 0 radical (unpaired) electrons. The predicted octanol–water partition coefficient (Wildman–Crippen LogP) is 1.90. The molecular weight excluding hydrogens is 965 g/mol. The molecule has 1 aromatic heterocycles. The molecule has 5 atom stereocenters. The molecule has 0 saturated carbocycles. The van der Waals surface area contributed by atoms with Crippen molar-refractivity contribution in [2.75, 3.05) is 72.9 Å². The number of amides is 7. The van der Waals surface area contributed by atoms with E-state index in [4.69, 9.17) is 25.7 Å². The van der Waals surface area contributed by atoms with E-state index in [1.807, 2.05) is 55.7 Å². The number of likely N-dealkylation sites (tertiary alicyclic amines) is 1. The first-order valence-corrected chi connectivity index (χ1v) is 24.9. The molecule has 408 valence electrons. The molecule has 2 aromatic carbocycles. The Labute approximate surface area is 431 Å². The molecule has 0 bridgehead atoms. The number of carbonyl (C=O) groups is 7. The molecule has 9 N–H and O–H groups in total. The standard InChI is InChI=1S/C52H75F2N9O11/c1-33(2)46(60-49(69)41-13-10-19-62(41)51(71)40(29-43(56)65)58-44(66)17-21-72-23-25-74-26-24-73-22-18-55)50(70)59-39(48(68)57-6)16-20-63(45(67)32-64)47(52(3,4)5)42-27-35(37-28-36(53)14-15-38(37)54)31-61(42)30-34-11-8-7-9-12-34/h7-9,11-12,14-15,27-28,31,33,39-41,46-47,64H,10,13,16-26,29-30,32,55H2,1-6H3,(H2,56,65)(H,57,68)(H,58,66)(H,59,70)(H,60,69)/t39-,40-,41-,46-,47-/m0/s1. The first-order valence-electron chi connectivity index (χ1n) is 24.9. The molecular formula is C52H75F2N9O11. The van der Waals surface area contributed by atoms with Crippen molar-refractivity contribution in [3.05, 3.63) is 83.7 Å². The van der Waals surface area contributed by atoms with Gasteiger partial charge >= 0.3 is 0 Å². The largest absolute Gasteiger partial charge is 0.387 e. The van der Waals surface area contributed by atoms with Gasteiger partial charge in [0.1, 0.15) is 42.4 Å². The molecule has 20 nitrogen and oxygen atoms in total. The van der Waals surface area contributed by atoms with E-state index < -0.39 is 108 Å². The zero-order valence-corrected chi connectivity index (χ0v) is 43.3. The van der Waals surface area contributed by atoms with Crippen molar-refractivity contribution in [1.29, 1.82) is 0 Å². The molecule has 3 aromatic rings. The van der Waals surface area contributed by atoms with Gasteiger partial charge in [-0.1, -0.05) is 65.0 Å². The summed E-state index contributed by atoms with van der Waals surface area (Å²) in [6.45, 7) is 10.3. The van der Waals surface area contributed by atoms with Crippen LogP contribution in [0.5, 0.6) is 0 Å². The Hall–Kier alpha value is -6.33. The van der Waals surface area contributed by atoms with E-state index in [0.29, 0.717) is 44.0 Å². The maximum Gasteiger partial charge on any atom is 0.248 e. The van der Waals surface area contributed by atoms with Gasteiger partial charge in [0.15, 0.2) is 0 Å². The van der Waals surface area contributed by atoms with Gasteiger partial charge in [-0.3, -0.25) is 33.6 Å². The summed E-state index contributed by atoms with van der Waals surface area (Å²) < 4.78 is 47.7. The highest BCUT2D eigenvalue weighted by atomic mass is 19.1. The lowest BCUT2D eigenvalue weighted by Gasteiger charge is -2.41. The average molecular weight is 1040 g/mol. The highest BCUT2D eigenvalue weighted by molar-refractivity contribution is 5.97. The first-order chi connectivity index (χ1) is 35.2. The lowest BCUT2D eigenvalue weighted by Crippen LogP contribution is -2.59. The fraction of sp³-hybridized carbons (Fsp3) is 0.558. The number of hydrogen-bond donors (Lipinski definition) is 7. The fourth-order valence-corrected chi connectivity index (χ4v) is 8.82. The second-order valence-corrected chi connectivity index (χ2v) is 19.5. The Morgan fingerprint density at radius 3 is 2.14 bits per heavy atom. The summed E-state index contributed by atoms with van der Waals surface area (Å²) >= 11 is 0. The Morgan fingerprint density at radius 2 is 1.53 bits per heavy atom. The summed E-state index contributed by atoms with van der Waals surface area (Å²) in [5.74, 6) is -6.78. The monoisotopic (exact) mass is 1040 g/mol. The van der Waals surface area contributed by atoms with Crippen LogP contribution in [0.1, 0.15) is 84.0 Å². The van der Waals surface area contributed by atoms with Gasteiger partial charge in [0.05, 0.1) is 52.1 Å². The molecule has 4 rings (SSSR count). The van der Waals surface area contributed by atoms with Crippen LogP contribution in [-0.2, 0) is 54.3 Å². The van der Waals surface area contributed by atoms with Crippen molar-refractivity contribution < 1.29 is 61.7 Å². The molecule has 0 aliphatic carbocycles. The van der Waals surface area contributed by atoms with Gasteiger partial charge in [0.2, 0.25) is 41.4 Å². The molecule has 7 amide bonds. The van der Waals surface area contributed by atoms with Crippen LogP contribution < -0.4 is 32.7 Å². The minimum atomic E-state index is -1.38. The number of aliphatic hydroxyl groups excluding tert-OH is 1. The Morgan fingerprint density at radius 1 is 0.865 bits per heavy atom. The van der Waals surface area contributed by atoms with Crippen LogP contribution in [0.3, 0.4) is 0 Å². The van der Waals surface area contributed by atoms with Gasteiger partial charge < -0.3 is 66.4 Å². The number of nitrogens with one attached hydrogen (secondary N) is 4. The van der Waals surface area contributed by atoms with Crippen LogP contribution in [-0.4, -0.2) is 158 Å². The van der Waals surface area contributed by atoms with E-state index in [9.17, 15) is 43.1 Å². The van der Waals surface area contributed by atoms with Crippen LogP contribution in [0, 0.1) is 23.0 Å². The molecule has 2 heterocycles. The molecule has 74 heavy (non-hydrogen) atoms. The van der Waals surface area contributed by atoms with Crippen molar-refractivity contribution in [1.82, 2.24) is 35.6 Å². The topological polar surface area (TPSA) is 279 Å². The summed E-state index contributed by atoms with van der Waals surface area (Å²) in [5.41, 5.74) is 11.8. The fourth-order valence-electron chi connectivity index (χ4n) is 8.82. The molecule has 1 fully saturated rings. The summed E-state index contributed by atoms with van der Waals surface area (Å²) in [5, 5.41) is 20.9. The Bertz CT molecular complexity index is 2350. The average Bonchev–Trinajstić information content (AvgIpc) is 4.02. The van der Waals surface area contributed by atoms with Crippen molar-refractivity contribution in [2.24, 2.45) is 22.8 Å². The SMILES string of the molecule is CNC(=O)[C@H](CCN(C(=O)CO)[C@@H](c1cc(-c2cc(F)ccc2F)cn1Cc1ccccc1)C(C)(C)C)NC(=O)[C@@H](NC(=O)[C@@H]1CCCN1C(=O)[C@H](CC(N)=O)NC(=O)CCOCCOCCOCCN)C(C)C. The van der Waals surface area contributed by atoms with E-state index in [1.54, 1.807) is 26.1 Å². The Kier molecular flexibility index (Phi) is 24.0. The lowest BCUT2D eigenvalue weighted by atomic mass is 9.82. The van der Waals surface area contributed by atoms with Gasteiger partial charge in [-0.05, 0) is 60.4 Å². The number of benzene rings is 2. The van der Waals surface area contributed by atoms with E-state index in [2.05, 4.69) is 21.3 Å². The second-order valence-electron chi connectivity index (χ2n) is 19.5. The Balaban J connectivity index is 1.51. The van der Waals surface area contributed by atoms with E-state index in [-0.39, 0.29) is 64.3 Å². The highest BCUT2D eigenvalue weighted by Gasteiger charge is 2.41. The van der Waals surface area contributed by atoms with Gasteiger partial charge in [-0.15, -0.1) is 0 Å². The zero-order valence-electron chi connectivity index (χ0n) is 43.3. The minimum absolute atomic E-state index is 0.000952. The number of primary amides is 1. The van der Waals surface area contributed by atoms with Crippen LogP contribution in [0.15, 0.2) is 60.8 Å². The highest BCUT2D eigenvalue weighted by Crippen LogP contribution is 2.41. The molecule has 0 unspecified atom stereocenters. The van der Waals surface area contributed by atoms with Crippen LogP contribution in [0.4, 0.5) is 8.78 Å². The number of aliphatic hydroxyl groups is 1. The van der Waals surface area contributed by atoms with Gasteiger partial charge in [0.25, 0.3) is 0 Å². The molecule has 1 aliphatic rings. The van der Waals surface area contributed by atoms with Gasteiger partial charge in [-0.2, -0.15) is 0 Å². The number of nitrogens with zero attached hydrogens (tertiary/aromatic N) is 3. The number of nitrogens with two attached hydrogens (primary N) is 2. The van der Waals surface area contributed by atoms with Crippen LogP contribution >= 0.6 is 0 Å². The van der Waals surface area contributed by atoms with Gasteiger partial charge in [0, 0.05) is 62.7 Å². The number of halogens is 2. The smallest absolute Gasteiger partial charge is 0.248 e. The van der Waals surface area contributed by atoms with Crippen molar-refractivity contribution in [3.63, 3.8) is 0 Å². The maximum absolute atomic E-state index is 15.3. The minimum Gasteiger partial charge on any atom is -0.387 e. The van der Waals surface area contributed by atoms with Crippen LogP contribution in [0.25, 0.3) is 11.1 Å².